The molecule has 1 fully saturated rings. The summed E-state index contributed by atoms with van der Waals surface area (Å²) < 4.78 is 41.4. The van der Waals surface area contributed by atoms with E-state index in [2.05, 4.69) is 23.8 Å². The van der Waals surface area contributed by atoms with Gasteiger partial charge in [0.25, 0.3) is 0 Å². The Hall–Kier alpha value is -3.76. The number of rotatable bonds is 11. The standard InChI is InChI=1S/C38H37NO5S2/c1-27-36(26-45-34-11-4-2-5-12-34)43-38(44-37(27)31-17-15-28(25-40)16-18-31)32-21-19-30(20-22-32)33-10-8-9-29(23-33)24-39-46(41,42)35-13-6-3-7-14-35/h2-23,27,36-40H,24-26H2,1H3/t27-,36+,37+,38+/m1/s1. The van der Waals surface area contributed by atoms with Crippen LogP contribution < -0.4 is 4.72 Å². The Bertz CT molecular complexity index is 1820. The van der Waals surface area contributed by atoms with Crippen molar-refractivity contribution in [2.45, 2.75) is 48.4 Å². The fraction of sp³-hybridized carbons (Fsp3) is 0.211. The highest BCUT2D eigenvalue weighted by atomic mass is 32.2. The number of nitrogens with one attached hydrogen (secondary N) is 1. The summed E-state index contributed by atoms with van der Waals surface area (Å²) in [5.41, 5.74) is 5.71. The first-order chi connectivity index (χ1) is 22.4. The Labute approximate surface area is 275 Å². The molecule has 6 rings (SSSR count). The Morgan fingerprint density at radius 1 is 0.717 bits per heavy atom. The number of benzene rings is 5. The van der Waals surface area contributed by atoms with Gasteiger partial charge in [-0.25, -0.2) is 13.1 Å². The quantitative estimate of drug-likeness (QED) is 0.141. The molecule has 2 N–H and O–H groups in total. The van der Waals surface area contributed by atoms with Gasteiger partial charge in [0.05, 0.1) is 23.7 Å². The maximum Gasteiger partial charge on any atom is 0.240 e. The average Bonchev–Trinajstić information content (AvgIpc) is 3.11. The first-order valence-electron chi connectivity index (χ1n) is 15.3. The van der Waals surface area contributed by atoms with Crippen molar-refractivity contribution in [3.05, 3.63) is 156 Å². The molecule has 1 aliphatic heterocycles. The summed E-state index contributed by atoms with van der Waals surface area (Å²) in [6.45, 7) is 2.36. The smallest absolute Gasteiger partial charge is 0.240 e. The molecule has 1 saturated heterocycles. The fourth-order valence-corrected chi connectivity index (χ4v) is 7.69. The van der Waals surface area contributed by atoms with E-state index in [1.807, 2.05) is 91.0 Å². The minimum atomic E-state index is -3.60. The van der Waals surface area contributed by atoms with E-state index in [9.17, 15) is 13.5 Å². The number of thioether (sulfide) groups is 1. The summed E-state index contributed by atoms with van der Waals surface area (Å²) >= 11 is 1.78. The number of aliphatic hydroxyl groups excluding tert-OH is 1. The number of sulfonamides is 1. The first-order valence-corrected chi connectivity index (χ1v) is 17.8. The lowest BCUT2D eigenvalue weighted by atomic mass is 9.91. The highest BCUT2D eigenvalue weighted by molar-refractivity contribution is 7.99. The van der Waals surface area contributed by atoms with Crippen molar-refractivity contribution >= 4 is 21.8 Å². The summed E-state index contributed by atoms with van der Waals surface area (Å²) in [5, 5.41) is 9.54. The third-order valence-corrected chi connectivity index (χ3v) is 10.8. The maximum absolute atomic E-state index is 12.7. The Kier molecular flexibility index (Phi) is 10.3. The van der Waals surface area contributed by atoms with Gasteiger partial charge in [-0.1, -0.05) is 110 Å². The van der Waals surface area contributed by atoms with Crippen LogP contribution in [0.2, 0.25) is 0 Å². The van der Waals surface area contributed by atoms with Crippen molar-refractivity contribution < 1.29 is 23.0 Å². The molecule has 1 heterocycles. The Balaban J connectivity index is 1.19. The van der Waals surface area contributed by atoms with E-state index in [0.29, 0.717) is 0 Å². The molecule has 0 bridgehead atoms. The van der Waals surface area contributed by atoms with Gasteiger partial charge >= 0.3 is 0 Å². The van der Waals surface area contributed by atoms with E-state index in [1.54, 1.807) is 42.1 Å². The minimum absolute atomic E-state index is 0.00197. The van der Waals surface area contributed by atoms with Crippen LogP contribution in [0.15, 0.2) is 143 Å². The lowest BCUT2D eigenvalue weighted by Crippen LogP contribution is -2.38. The van der Waals surface area contributed by atoms with Gasteiger partial charge in [-0.3, -0.25) is 0 Å². The minimum Gasteiger partial charge on any atom is -0.392 e. The predicted molar refractivity (Wildman–Crippen MR) is 182 cm³/mol. The van der Waals surface area contributed by atoms with Crippen LogP contribution in [0.3, 0.4) is 0 Å². The molecule has 8 heteroatoms. The van der Waals surface area contributed by atoms with Crippen molar-refractivity contribution in [2.24, 2.45) is 5.92 Å². The van der Waals surface area contributed by atoms with Crippen LogP contribution >= 0.6 is 11.8 Å². The van der Waals surface area contributed by atoms with Crippen LogP contribution in [0.1, 0.15) is 41.6 Å². The zero-order valence-electron chi connectivity index (χ0n) is 25.5. The van der Waals surface area contributed by atoms with Crippen molar-refractivity contribution in [1.29, 1.82) is 0 Å². The van der Waals surface area contributed by atoms with Crippen molar-refractivity contribution in [3.8, 4) is 11.1 Å². The summed E-state index contributed by atoms with van der Waals surface area (Å²) in [6.07, 6.45) is -0.778. The molecule has 6 nitrogen and oxygen atoms in total. The number of aliphatic hydroxyl groups is 1. The second kappa shape index (κ2) is 14.8. The fourth-order valence-electron chi connectivity index (χ4n) is 5.56. The molecule has 0 aromatic heterocycles. The zero-order chi connectivity index (χ0) is 31.9. The largest absolute Gasteiger partial charge is 0.392 e. The molecule has 0 spiro atoms. The summed E-state index contributed by atoms with van der Waals surface area (Å²) in [4.78, 5) is 1.44. The van der Waals surface area contributed by atoms with Gasteiger partial charge in [0.1, 0.15) is 0 Å². The van der Waals surface area contributed by atoms with Gasteiger partial charge in [-0.15, -0.1) is 11.8 Å². The zero-order valence-corrected chi connectivity index (χ0v) is 27.2. The topological polar surface area (TPSA) is 84.9 Å². The van der Waals surface area contributed by atoms with E-state index in [1.165, 1.54) is 4.90 Å². The van der Waals surface area contributed by atoms with Crippen LogP contribution in [0.4, 0.5) is 0 Å². The normalized spacial score (nSPS) is 20.0. The first kappa shape index (κ1) is 32.2. The van der Waals surface area contributed by atoms with Gasteiger partial charge in [-0.05, 0) is 58.1 Å². The van der Waals surface area contributed by atoms with E-state index in [-0.39, 0.29) is 36.2 Å². The lowest BCUT2D eigenvalue weighted by Gasteiger charge is -2.41. The van der Waals surface area contributed by atoms with E-state index in [0.717, 1.165) is 39.1 Å². The van der Waals surface area contributed by atoms with Crippen LogP contribution in [0.25, 0.3) is 11.1 Å². The van der Waals surface area contributed by atoms with Gasteiger partial charge in [0.15, 0.2) is 6.29 Å². The molecule has 1 aliphatic rings. The van der Waals surface area contributed by atoms with Gasteiger partial charge in [0.2, 0.25) is 10.0 Å². The van der Waals surface area contributed by atoms with Crippen molar-refractivity contribution in [3.63, 3.8) is 0 Å². The molecule has 0 amide bonds. The molecule has 236 valence electrons. The third-order valence-electron chi connectivity index (χ3n) is 8.24. The molecule has 5 aromatic rings. The predicted octanol–water partition coefficient (Wildman–Crippen LogP) is 7.91. The third kappa shape index (κ3) is 7.78. The summed E-state index contributed by atoms with van der Waals surface area (Å²) in [6, 6.07) is 42.7. The second-order valence-corrected chi connectivity index (χ2v) is 14.3. The van der Waals surface area contributed by atoms with Gasteiger partial charge in [-0.2, -0.15) is 0 Å². The molecular weight excluding hydrogens is 615 g/mol. The highest BCUT2D eigenvalue weighted by Gasteiger charge is 2.38. The van der Waals surface area contributed by atoms with Gasteiger partial charge in [0, 0.05) is 28.7 Å². The van der Waals surface area contributed by atoms with Gasteiger partial charge < -0.3 is 14.6 Å². The maximum atomic E-state index is 12.7. The number of hydrogen-bond acceptors (Lipinski definition) is 6. The number of hydrogen-bond donors (Lipinski definition) is 2. The lowest BCUT2D eigenvalue weighted by molar-refractivity contribution is -0.268. The second-order valence-electron chi connectivity index (χ2n) is 11.4. The van der Waals surface area contributed by atoms with Crippen LogP contribution in [0.5, 0.6) is 0 Å². The molecule has 0 radical (unpaired) electrons. The van der Waals surface area contributed by atoms with Crippen LogP contribution in [0, 0.1) is 5.92 Å². The van der Waals surface area contributed by atoms with E-state index in [4.69, 9.17) is 9.47 Å². The van der Waals surface area contributed by atoms with Crippen LogP contribution in [-0.4, -0.2) is 25.4 Å². The molecule has 0 aliphatic carbocycles. The number of ether oxygens (including phenoxy) is 2. The molecule has 0 unspecified atom stereocenters. The van der Waals surface area contributed by atoms with Crippen molar-refractivity contribution in [1.82, 2.24) is 4.72 Å². The van der Waals surface area contributed by atoms with Crippen molar-refractivity contribution in [2.75, 3.05) is 5.75 Å². The SMILES string of the molecule is C[C@@H]1[C@H](CSc2ccccc2)O[C@H](c2ccc(-c3cccc(CNS(=O)(=O)c4ccccc4)c3)cc2)O[C@@H]1c1ccc(CO)cc1. The Morgan fingerprint density at radius 2 is 1.39 bits per heavy atom. The summed E-state index contributed by atoms with van der Waals surface area (Å²) in [5.74, 6) is 0.892. The Morgan fingerprint density at radius 3 is 2.09 bits per heavy atom. The van der Waals surface area contributed by atoms with E-state index >= 15 is 0 Å². The molecule has 46 heavy (non-hydrogen) atoms. The highest BCUT2D eigenvalue weighted by Crippen LogP contribution is 2.43. The molecule has 5 aromatic carbocycles. The summed E-state index contributed by atoms with van der Waals surface area (Å²) in [7, 11) is -3.60. The van der Waals surface area contributed by atoms with Crippen LogP contribution in [-0.2, 0) is 32.6 Å². The van der Waals surface area contributed by atoms with E-state index < -0.39 is 16.3 Å². The molecular formula is C38H37NO5S2. The average molecular weight is 652 g/mol. The molecule has 4 atom stereocenters. The molecule has 0 saturated carbocycles. The monoisotopic (exact) mass is 651 g/mol.